The zero-order chi connectivity index (χ0) is 10.9. The number of nitrogens with zero attached hydrogens (tertiary/aromatic N) is 2. The van der Waals surface area contributed by atoms with E-state index in [-0.39, 0.29) is 0 Å². The minimum atomic E-state index is 0.439. The van der Waals surface area contributed by atoms with Crippen LogP contribution in [0.2, 0.25) is 0 Å². The van der Waals surface area contributed by atoms with Gasteiger partial charge < -0.3 is 10.3 Å². The van der Waals surface area contributed by atoms with Crippen LogP contribution in [0.1, 0.15) is 51.5 Å². The van der Waals surface area contributed by atoms with E-state index in [1.807, 2.05) is 18.7 Å². The molecule has 0 aliphatic heterocycles. The summed E-state index contributed by atoms with van der Waals surface area (Å²) >= 11 is 0. The molecule has 3 nitrogen and oxygen atoms in total. The highest BCUT2D eigenvalue weighted by atomic mass is 15.1. The molecule has 0 saturated carbocycles. The van der Waals surface area contributed by atoms with E-state index >= 15 is 0 Å². The van der Waals surface area contributed by atoms with Crippen LogP contribution in [0.3, 0.4) is 0 Å². The van der Waals surface area contributed by atoms with Gasteiger partial charge in [-0.15, -0.1) is 0 Å². The minimum absolute atomic E-state index is 0.439. The van der Waals surface area contributed by atoms with Crippen molar-refractivity contribution >= 4 is 0 Å². The summed E-state index contributed by atoms with van der Waals surface area (Å²) in [6.07, 6.45) is 13.5. The molecule has 0 spiro atoms. The Morgan fingerprint density at radius 2 is 2.07 bits per heavy atom. The lowest BCUT2D eigenvalue weighted by Crippen LogP contribution is -2.18. The van der Waals surface area contributed by atoms with Crippen molar-refractivity contribution in [1.82, 2.24) is 9.55 Å². The number of rotatable bonds is 8. The Hall–Kier alpha value is -0.830. The van der Waals surface area contributed by atoms with Crippen LogP contribution in [0.5, 0.6) is 0 Å². The standard InChI is InChI=1S/C12H23N3/c1-2-3-4-5-6-7-12(10-13)15-9-8-14-11-15/h8-9,11-12H,2-7,10,13H2,1H3. The number of nitrogens with two attached hydrogens (primary N) is 1. The molecule has 1 aromatic heterocycles. The lowest BCUT2D eigenvalue weighted by atomic mass is 10.1. The molecular formula is C12H23N3. The molecule has 1 aromatic rings. The molecular weight excluding hydrogens is 186 g/mol. The van der Waals surface area contributed by atoms with E-state index in [4.69, 9.17) is 5.73 Å². The highest BCUT2D eigenvalue weighted by Crippen LogP contribution is 2.15. The van der Waals surface area contributed by atoms with Crippen molar-refractivity contribution in [3.8, 4) is 0 Å². The minimum Gasteiger partial charge on any atom is -0.333 e. The fourth-order valence-electron chi connectivity index (χ4n) is 1.86. The first kappa shape index (κ1) is 12.2. The molecule has 1 heterocycles. The number of imidazole rings is 1. The van der Waals surface area contributed by atoms with Crippen molar-refractivity contribution < 1.29 is 0 Å². The molecule has 0 radical (unpaired) electrons. The van der Waals surface area contributed by atoms with Crippen LogP contribution >= 0.6 is 0 Å². The molecule has 0 aromatic carbocycles. The predicted octanol–water partition coefficient (Wildman–Crippen LogP) is 2.74. The van der Waals surface area contributed by atoms with Crippen LogP contribution in [0, 0.1) is 0 Å². The topological polar surface area (TPSA) is 43.8 Å². The van der Waals surface area contributed by atoms with E-state index in [1.54, 1.807) is 0 Å². The Bertz CT molecular complexity index is 231. The van der Waals surface area contributed by atoms with E-state index in [0.717, 1.165) is 0 Å². The monoisotopic (exact) mass is 209 g/mol. The first-order chi connectivity index (χ1) is 7.38. The molecule has 0 saturated heterocycles. The summed E-state index contributed by atoms with van der Waals surface area (Å²) in [6.45, 7) is 2.96. The molecule has 0 aliphatic rings. The van der Waals surface area contributed by atoms with Gasteiger partial charge in [-0.05, 0) is 6.42 Å². The Balaban J connectivity index is 2.18. The smallest absolute Gasteiger partial charge is 0.0948 e. The molecule has 3 heteroatoms. The SMILES string of the molecule is CCCCCCCC(CN)n1ccnc1. The zero-order valence-electron chi connectivity index (χ0n) is 9.73. The molecule has 15 heavy (non-hydrogen) atoms. The highest BCUT2D eigenvalue weighted by Gasteiger charge is 2.06. The molecule has 86 valence electrons. The maximum absolute atomic E-state index is 5.76. The molecule has 0 amide bonds. The average Bonchev–Trinajstić information content (AvgIpc) is 2.77. The van der Waals surface area contributed by atoms with Crippen LogP contribution in [0.4, 0.5) is 0 Å². The van der Waals surface area contributed by atoms with E-state index in [1.165, 1.54) is 38.5 Å². The van der Waals surface area contributed by atoms with Crippen LogP contribution in [-0.4, -0.2) is 16.1 Å². The van der Waals surface area contributed by atoms with Crippen molar-refractivity contribution in [1.29, 1.82) is 0 Å². The van der Waals surface area contributed by atoms with Gasteiger partial charge in [0.15, 0.2) is 0 Å². The van der Waals surface area contributed by atoms with Gasteiger partial charge in [0.1, 0.15) is 0 Å². The van der Waals surface area contributed by atoms with Gasteiger partial charge in [-0.2, -0.15) is 0 Å². The maximum atomic E-state index is 5.76. The molecule has 1 unspecified atom stereocenters. The lowest BCUT2D eigenvalue weighted by molar-refractivity contribution is 0.445. The number of hydrogen-bond acceptors (Lipinski definition) is 2. The van der Waals surface area contributed by atoms with E-state index < -0.39 is 0 Å². The van der Waals surface area contributed by atoms with Gasteiger partial charge in [0, 0.05) is 25.0 Å². The average molecular weight is 209 g/mol. The number of aromatic nitrogens is 2. The molecule has 1 rings (SSSR count). The number of unbranched alkanes of at least 4 members (excludes halogenated alkanes) is 4. The summed E-state index contributed by atoms with van der Waals surface area (Å²) in [4.78, 5) is 4.06. The van der Waals surface area contributed by atoms with Gasteiger partial charge in [-0.25, -0.2) is 4.98 Å². The van der Waals surface area contributed by atoms with Crippen molar-refractivity contribution in [3.63, 3.8) is 0 Å². The van der Waals surface area contributed by atoms with E-state index in [9.17, 15) is 0 Å². The summed E-state index contributed by atoms with van der Waals surface area (Å²) in [5.74, 6) is 0. The summed E-state index contributed by atoms with van der Waals surface area (Å²) in [5, 5.41) is 0. The van der Waals surface area contributed by atoms with Crippen molar-refractivity contribution in [2.45, 2.75) is 51.5 Å². The van der Waals surface area contributed by atoms with Crippen LogP contribution in [0.15, 0.2) is 18.7 Å². The van der Waals surface area contributed by atoms with Gasteiger partial charge in [-0.3, -0.25) is 0 Å². The Labute approximate surface area is 92.7 Å². The second-order valence-corrected chi connectivity index (χ2v) is 4.10. The second kappa shape index (κ2) is 7.46. The fraction of sp³-hybridized carbons (Fsp3) is 0.750. The van der Waals surface area contributed by atoms with Crippen molar-refractivity contribution in [2.24, 2.45) is 5.73 Å². The summed E-state index contributed by atoms with van der Waals surface area (Å²) < 4.78 is 2.12. The van der Waals surface area contributed by atoms with Gasteiger partial charge in [0.25, 0.3) is 0 Å². The first-order valence-electron chi connectivity index (χ1n) is 6.06. The van der Waals surface area contributed by atoms with Crippen LogP contribution in [0.25, 0.3) is 0 Å². The van der Waals surface area contributed by atoms with E-state index in [0.29, 0.717) is 12.6 Å². The Morgan fingerprint density at radius 3 is 2.67 bits per heavy atom. The zero-order valence-corrected chi connectivity index (χ0v) is 9.73. The summed E-state index contributed by atoms with van der Waals surface area (Å²) in [7, 11) is 0. The Kier molecular flexibility index (Phi) is 6.09. The van der Waals surface area contributed by atoms with E-state index in [2.05, 4.69) is 16.5 Å². The maximum Gasteiger partial charge on any atom is 0.0948 e. The molecule has 1 atom stereocenters. The van der Waals surface area contributed by atoms with Gasteiger partial charge in [-0.1, -0.05) is 39.0 Å². The third kappa shape index (κ3) is 4.47. The molecule has 0 fully saturated rings. The highest BCUT2D eigenvalue weighted by molar-refractivity contribution is 4.80. The lowest BCUT2D eigenvalue weighted by Gasteiger charge is -2.15. The number of hydrogen-bond donors (Lipinski definition) is 1. The Morgan fingerprint density at radius 1 is 1.27 bits per heavy atom. The normalized spacial score (nSPS) is 12.9. The third-order valence-electron chi connectivity index (χ3n) is 2.86. The van der Waals surface area contributed by atoms with Crippen molar-refractivity contribution in [3.05, 3.63) is 18.7 Å². The fourth-order valence-corrected chi connectivity index (χ4v) is 1.86. The second-order valence-electron chi connectivity index (χ2n) is 4.10. The van der Waals surface area contributed by atoms with Crippen LogP contribution in [-0.2, 0) is 0 Å². The third-order valence-corrected chi connectivity index (χ3v) is 2.86. The quantitative estimate of drug-likeness (QED) is 0.669. The largest absolute Gasteiger partial charge is 0.333 e. The molecule has 0 aliphatic carbocycles. The first-order valence-corrected chi connectivity index (χ1v) is 6.06. The summed E-state index contributed by atoms with van der Waals surface area (Å²) in [6, 6.07) is 0.439. The predicted molar refractivity (Wildman–Crippen MR) is 63.7 cm³/mol. The van der Waals surface area contributed by atoms with Crippen molar-refractivity contribution in [2.75, 3.05) is 6.54 Å². The van der Waals surface area contributed by atoms with Gasteiger partial charge in [0.05, 0.1) is 6.33 Å². The van der Waals surface area contributed by atoms with Gasteiger partial charge >= 0.3 is 0 Å². The summed E-state index contributed by atoms with van der Waals surface area (Å²) in [5.41, 5.74) is 5.76. The van der Waals surface area contributed by atoms with Crippen LogP contribution < -0.4 is 5.73 Å². The van der Waals surface area contributed by atoms with Gasteiger partial charge in [0.2, 0.25) is 0 Å². The molecule has 0 bridgehead atoms. The molecule has 2 N–H and O–H groups in total.